The summed E-state index contributed by atoms with van der Waals surface area (Å²) < 4.78 is 4.57. The lowest BCUT2D eigenvalue weighted by molar-refractivity contribution is -0.117. The number of nitrogens with one attached hydrogen (secondary N) is 2. The molecule has 7 nitrogen and oxygen atoms in total. The molecule has 132 valence electrons. The first kappa shape index (κ1) is 17.7. The van der Waals surface area contributed by atoms with Gasteiger partial charge >= 0.3 is 6.09 Å². The number of thiazole rings is 1. The second kappa shape index (κ2) is 7.81. The third-order valence-electron chi connectivity index (χ3n) is 3.70. The second-order valence-electron chi connectivity index (χ2n) is 5.52. The van der Waals surface area contributed by atoms with E-state index in [1.807, 2.05) is 4.90 Å². The van der Waals surface area contributed by atoms with Gasteiger partial charge in [-0.2, -0.15) is 0 Å². The van der Waals surface area contributed by atoms with Crippen LogP contribution in [-0.2, 0) is 22.5 Å². The maximum atomic E-state index is 12.2. The van der Waals surface area contributed by atoms with E-state index in [1.54, 1.807) is 24.3 Å². The van der Waals surface area contributed by atoms with Gasteiger partial charge in [-0.1, -0.05) is 22.9 Å². The molecule has 0 saturated carbocycles. The summed E-state index contributed by atoms with van der Waals surface area (Å²) in [4.78, 5) is 31.0. The van der Waals surface area contributed by atoms with Gasteiger partial charge in [0.2, 0.25) is 5.91 Å². The Kier molecular flexibility index (Phi) is 5.52. The average molecular weight is 381 g/mol. The molecule has 0 bridgehead atoms. The van der Waals surface area contributed by atoms with Crippen LogP contribution in [0.2, 0.25) is 5.02 Å². The molecule has 2 aromatic rings. The number of hydrogen-bond acceptors (Lipinski definition) is 6. The Morgan fingerprint density at radius 3 is 2.80 bits per heavy atom. The van der Waals surface area contributed by atoms with Gasteiger partial charge in [0.25, 0.3) is 0 Å². The lowest BCUT2D eigenvalue weighted by atomic mass is 10.2. The van der Waals surface area contributed by atoms with E-state index in [2.05, 4.69) is 20.4 Å². The number of methoxy groups -OCH3 is 1. The van der Waals surface area contributed by atoms with Crippen LogP contribution in [-0.4, -0.2) is 42.1 Å². The Balaban J connectivity index is 1.56. The number of ether oxygens (including phenoxy) is 1. The molecule has 9 heteroatoms. The molecule has 1 aliphatic heterocycles. The SMILES string of the molecule is COC(=O)Nc1nc2c(s1)CN(CC(=O)Nc1ccc(Cl)cc1)CC2. The van der Waals surface area contributed by atoms with Crippen LogP contribution in [0.1, 0.15) is 10.6 Å². The Morgan fingerprint density at radius 2 is 2.08 bits per heavy atom. The van der Waals surface area contributed by atoms with E-state index < -0.39 is 6.09 Å². The molecule has 1 aromatic carbocycles. The molecule has 2 amide bonds. The van der Waals surface area contributed by atoms with Gasteiger partial charge in [-0.25, -0.2) is 9.78 Å². The van der Waals surface area contributed by atoms with E-state index >= 15 is 0 Å². The maximum Gasteiger partial charge on any atom is 0.413 e. The lowest BCUT2D eigenvalue weighted by Crippen LogP contribution is -2.36. The summed E-state index contributed by atoms with van der Waals surface area (Å²) in [5.41, 5.74) is 1.68. The highest BCUT2D eigenvalue weighted by Crippen LogP contribution is 2.28. The first-order valence-corrected chi connectivity index (χ1v) is 8.84. The molecule has 1 aliphatic rings. The third kappa shape index (κ3) is 4.68. The number of rotatable bonds is 4. The molecule has 0 saturated heterocycles. The van der Waals surface area contributed by atoms with Crippen LogP contribution in [0.15, 0.2) is 24.3 Å². The third-order valence-corrected chi connectivity index (χ3v) is 4.95. The van der Waals surface area contributed by atoms with Crippen LogP contribution in [0, 0.1) is 0 Å². The predicted molar refractivity (Wildman–Crippen MR) is 97.2 cm³/mol. The normalized spacial score (nSPS) is 13.8. The standard InChI is InChI=1S/C16H17ClN4O3S/c1-24-16(23)20-15-19-12-6-7-21(8-13(12)25-15)9-14(22)18-11-4-2-10(17)3-5-11/h2-5H,6-9H2,1H3,(H,18,22)(H,19,20,23). The number of fused-ring (bicyclic) bond motifs is 1. The van der Waals surface area contributed by atoms with Gasteiger partial charge in [0, 0.05) is 35.1 Å². The number of benzene rings is 1. The van der Waals surface area contributed by atoms with Crippen LogP contribution in [0.25, 0.3) is 0 Å². The molecule has 1 aromatic heterocycles. The number of carbonyl (C=O) groups excluding carboxylic acids is 2. The molecule has 2 heterocycles. The highest BCUT2D eigenvalue weighted by atomic mass is 35.5. The summed E-state index contributed by atoms with van der Waals surface area (Å²) in [5.74, 6) is -0.0804. The fourth-order valence-electron chi connectivity index (χ4n) is 2.51. The van der Waals surface area contributed by atoms with Gasteiger partial charge in [0.15, 0.2) is 5.13 Å². The zero-order chi connectivity index (χ0) is 17.8. The van der Waals surface area contributed by atoms with Crippen LogP contribution < -0.4 is 10.6 Å². The van der Waals surface area contributed by atoms with E-state index in [0.717, 1.165) is 29.2 Å². The minimum absolute atomic E-state index is 0.0804. The molecule has 0 radical (unpaired) electrons. The van der Waals surface area contributed by atoms with E-state index in [1.165, 1.54) is 18.4 Å². The predicted octanol–water partition coefficient (Wildman–Crippen LogP) is 2.97. The van der Waals surface area contributed by atoms with Crippen LogP contribution in [0.4, 0.5) is 15.6 Å². The van der Waals surface area contributed by atoms with Crippen molar-refractivity contribution < 1.29 is 14.3 Å². The first-order valence-electron chi connectivity index (χ1n) is 7.65. The van der Waals surface area contributed by atoms with E-state index in [-0.39, 0.29) is 5.91 Å². The van der Waals surface area contributed by atoms with Gasteiger partial charge in [-0.3, -0.25) is 15.0 Å². The highest BCUT2D eigenvalue weighted by molar-refractivity contribution is 7.15. The van der Waals surface area contributed by atoms with Crippen molar-refractivity contribution >= 4 is 45.8 Å². The zero-order valence-corrected chi connectivity index (χ0v) is 15.1. The fourth-order valence-corrected chi connectivity index (χ4v) is 3.67. The second-order valence-corrected chi connectivity index (χ2v) is 7.04. The number of carbonyl (C=O) groups is 2. The number of aromatic nitrogens is 1. The molecule has 3 rings (SSSR count). The van der Waals surface area contributed by atoms with Gasteiger partial charge in [0.1, 0.15) is 0 Å². The number of nitrogens with zero attached hydrogens (tertiary/aromatic N) is 2. The Morgan fingerprint density at radius 1 is 1.32 bits per heavy atom. The van der Waals surface area contributed by atoms with E-state index in [9.17, 15) is 9.59 Å². The lowest BCUT2D eigenvalue weighted by Gasteiger charge is -2.25. The summed E-state index contributed by atoms with van der Waals surface area (Å²) in [6, 6.07) is 7.00. The molecule has 0 unspecified atom stereocenters. The molecule has 25 heavy (non-hydrogen) atoms. The van der Waals surface area contributed by atoms with Crippen LogP contribution >= 0.6 is 22.9 Å². The number of amides is 2. The van der Waals surface area contributed by atoms with Gasteiger partial charge in [-0.15, -0.1) is 0 Å². The van der Waals surface area contributed by atoms with Crippen LogP contribution in [0.3, 0.4) is 0 Å². The number of anilines is 2. The Labute approximate surface area is 153 Å². The summed E-state index contributed by atoms with van der Waals surface area (Å²) in [5, 5.41) is 6.58. The zero-order valence-electron chi connectivity index (χ0n) is 13.5. The molecule has 2 N–H and O–H groups in total. The summed E-state index contributed by atoms with van der Waals surface area (Å²) in [7, 11) is 1.31. The molecule has 0 spiro atoms. The van der Waals surface area contributed by atoms with Crippen molar-refractivity contribution in [3.05, 3.63) is 39.9 Å². The summed E-state index contributed by atoms with van der Waals surface area (Å²) in [6.45, 7) is 1.66. The van der Waals surface area contributed by atoms with Crippen molar-refractivity contribution in [2.75, 3.05) is 30.8 Å². The maximum absolute atomic E-state index is 12.2. The quantitative estimate of drug-likeness (QED) is 0.851. The topological polar surface area (TPSA) is 83.6 Å². The van der Waals surface area contributed by atoms with Crippen molar-refractivity contribution in [1.29, 1.82) is 0 Å². The minimum Gasteiger partial charge on any atom is -0.453 e. The fraction of sp³-hybridized carbons (Fsp3) is 0.312. The van der Waals surface area contributed by atoms with Crippen molar-refractivity contribution in [3.63, 3.8) is 0 Å². The first-order chi connectivity index (χ1) is 12.0. The Hall–Kier alpha value is -2.16. The largest absolute Gasteiger partial charge is 0.453 e. The smallest absolute Gasteiger partial charge is 0.413 e. The van der Waals surface area contributed by atoms with Crippen molar-refractivity contribution in [2.24, 2.45) is 0 Å². The van der Waals surface area contributed by atoms with Gasteiger partial charge in [0.05, 0.1) is 19.3 Å². The minimum atomic E-state index is -0.537. The van der Waals surface area contributed by atoms with E-state index in [4.69, 9.17) is 11.6 Å². The average Bonchev–Trinajstić information content (AvgIpc) is 2.98. The molecule has 0 aliphatic carbocycles. The van der Waals surface area contributed by atoms with E-state index in [0.29, 0.717) is 23.2 Å². The Bertz CT molecular complexity index is 778. The number of hydrogen-bond donors (Lipinski definition) is 2. The molecular weight excluding hydrogens is 364 g/mol. The monoisotopic (exact) mass is 380 g/mol. The summed E-state index contributed by atoms with van der Waals surface area (Å²) in [6.07, 6.45) is 0.202. The van der Waals surface area contributed by atoms with Crippen molar-refractivity contribution in [2.45, 2.75) is 13.0 Å². The van der Waals surface area contributed by atoms with Gasteiger partial charge in [-0.05, 0) is 24.3 Å². The molecular formula is C16H17ClN4O3S. The molecule has 0 fully saturated rings. The summed E-state index contributed by atoms with van der Waals surface area (Å²) >= 11 is 7.24. The molecule has 0 atom stereocenters. The van der Waals surface area contributed by atoms with Crippen molar-refractivity contribution in [1.82, 2.24) is 9.88 Å². The highest BCUT2D eigenvalue weighted by Gasteiger charge is 2.23. The van der Waals surface area contributed by atoms with Gasteiger partial charge < -0.3 is 10.1 Å². The number of halogens is 1. The van der Waals surface area contributed by atoms with Crippen LogP contribution in [0.5, 0.6) is 0 Å². The van der Waals surface area contributed by atoms with Crippen molar-refractivity contribution in [3.8, 4) is 0 Å².